The molecular formula is C42H46Cl2Hf. The summed E-state index contributed by atoms with van der Waals surface area (Å²) in [6.45, 7) is 19.2. The van der Waals surface area contributed by atoms with Crippen molar-refractivity contribution < 1.29 is 44.8 Å². The summed E-state index contributed by atoms with van der Waals surface area (Å²) in [5, 5.41) is 0. The van der Waals surface area contributed by atoms with Crippen molar-refractivity contribution in [2.24, 2.45) is 10.8 Å². The van der Waals surface area contributed by atoms with Crippen molar-refractivity contribution in [2.45, 2.75) is 71.1 Å². The van der Waals surface area contributed by atoms with Gasteiger partial charge in [-0.05, 0) is 0 Å². The number of benzene rings is 4. The van der Waals surface area contributed by atoms with Gasteiger partial charge in [-0.3, -0.25) is 0 Å². The van der Waals surface area contributed by atoms with Gasteiger partial charge in [0.1, 0.15) is 0 Å². The van der Waals surface area contributed by atoms with E-state index in [4.69, 9.17) is 0 Å². The second-order valence-corrected chi connectivity index (χ2v) is 32.2. The first-order chi connectivity index (χ1) is 20.4. The molecule has 2 unspecified atom stereocenters. The smallest absolute Gasteiger partial charge is 1.00 e. The first-order valence-electron chi connectivity index (χ1n) is 16.2. The molecule has 3 aliphatic rings. The van der Waals surface area contributed by atoms with E-state index >= 15 is 0 Å². The van der Waals surface area contributed by atoms with E-state index in [2.05, 4.69) is 152 Å². The maximum Gasteiger partial charge on any atom is -1.00 e. The van der Waals surface area contributed by atoms with Crippen molar-refractivity contribution in [1.82, 2.24) is 0 Å². The number of hydrogen-bond donors (Lipinski definition) is 0. The number of rotatable bonds is 4. The van der Waals surface area contributed by atoms with Gasteiger partial charge in [0.05, 0.1) is 0 Å². The Labute approximate surface area is 288 Å². The Hall–Kier alpha value is -2.19. The molecule has 1 heterocycles. The summed E-state index contributed by atoms with van der Waals surface area (Å²) in [5.41, 5.74) is 18.1. The van der Waals surface area contributed by atoms with Crippen LogP contribution in [0.25, 0.3) is 34.4 Å². The molecule has 0 amide bonds. The summed E-state index contributed by atoms with van der Waals surface area (Å²) in [7, 11) is 0. The van der Waals surface area contributed by atoms with E-state index < -0.39 is 20.0 Å². The van der Waals surface area contributed by atoms with E-state index in [0.717, 1.165) is 0 Å². The molecule has 4 aromatic carbocycles. The van der Waals surface area contributed by atoms with E-state index in [1.165, 1.54) is 52.9 Å². The molecule has 0 saturated carbocycles. The molecule has 2 aliphatic carbocycles. The third-order valence-electron chi connectivity index (χ3n) is 10.6. The van der Waals surface area contributed by atoms with Gasteiger partial charge in [-0.2, -0.15) is 0 Å². The summed E-state index contributed by atoms with van der Waals surface area (Å²) in [5.74, 6) is 0. The third-order valence-corrected chi connectivity index (χ3v) is 29.2. The molecule has 1 fully saturated rings. The van der Waals surface area contributed by atoms with E-state index in [0.29, 0.717) is 7.35 Å². The zero-order chi connectivity index (χ0) is 30.3. The minimum absolute atomic E-state index is 0. The SMILES string of the molecule is Cc1ccc(-c2cccc3c2C=C(C(C)(C)C)[CH]3[Hf+2]2([CH]3C(C(C)(C)C)=Cc4c(-c5ccc(C)cc5)cccc43)[CH2][CH2]2)cc1.[Cl-].[Cl-]. The molecule has 0 N–H and O–H groups in total. The number of allylic oxidation sites excluding steroid dienone is 2. The number of hydrogen-bond acceptors (Lipinski definition) is 0. The summed E-state index contributed by atoms with van der Waals surface area (Å²) >= 11 is -3.05. The van der Waals surface area contributed by atoms with Crippen molar-refractivity contribution in [2.75, 3.05) is 0 Å². The molecule has 0 nitrogen and oxygen atoms in total. The Morgan fingerprint density at radius 2 is 0.867 bits per heavy atom. The Morgan fingerprint density at radius 3 is 1.18 bits per heavy atom. The molecule has 1 aliphatic heterocycles. The van der Waals surface area contributed by atoms with Crippen molar-refractivity contribution in [3.05, 3.63) is 129 Å². The summed E-state index contributed by atoms with van der Waals surface area (Å²) < 4.78 is 4.26. The zero-order valence-corrected chi connectivity index (χ0v) is 33.2. The van der Waals surface area contributed by atoms with Crippen molar-refractivity contribution in [3.8, 4) is 22.3 Å². The van der Waals surface area contributed by atoms with Gasteiger partial charge in [0.25, 0.3) is 0 Å². The molecule has 45 heavy (non-hydrogen) atoms. The first kappa shape index (κ1) is 34.2. The number of aryl methyl sites for hydroxylation is 2. The van der Waals surface area contributed by atoms with Crippen LogP contribution >= 0.6 is 0 Å². The monoisotopic (exact) mass is 800 g/mol. The average Bonchev–Trinajstić information content (AvgIpc) is 3.45. The Balaban J connectivity index is 0.00000200. The fourth-order valence-corrected chi connectivity index (χ4v) is 37.5. The van der Waals surface area contributed by atoms with E-state index in [1.54, 1.807) is 22.3 Å². The standard InChI is InChI=1S/2C20H21.C2H4.2ClH.Hf/c2*1-14-8-10-15(11-9-14)18-7-5-6-16-12-17(13-19(16)18)20(2,3)4;1-2;;;/h2*5-13H,1-4H3;1-2H2;2*1H;/q;;;;;+2/p-2. The van der Waals surface area contributed by atoms with Crippen LogP contribution in [0.4, 0.5) is 0 Å². The van der Waals surface area contributed by atoms with E-state index in [9.17, 15) is 0 Å². The van der Waals surface area contributed by atoms with Gasteiger partial charge in [-0.15, -0.1) is 0 Å². The van der Waals surface area contributed by atoms with Gasteiger partial charge in [-0.25, -0.2) is 0 Å². The Kier molecular flexibility index (Phi) is 9.20. The third kappa shape index (κ3) is 5.81. The van der Waals surface area contributed by atoms with Crippen molar-refractivity contribution in [3.63, 3.8) is 0 Å². The van der Waals surface area contributed by atoms with E-state index in [1.807, 2.05) is 0 Å². The van der Waals surface area contributed by atoms with Gasteiger partial charge in [0.2, 0.25) is 0 Å². The molecule has 0 spiro atoms. The van der Waals surface area contributed by atoms with Crippen LogP contribution < -0.4 is 24.8 Å². The molecule has 1 saturated heterocycles. The first-order valence-corrected chi connectivity index (χ1v) is 25.5. The Bertz CT molecular complexity index is 1660. The second-order valence-electron chi connectivity index (χ2n) is 15.6. The van der Waals surface area contributed by atoms with Crippen LogP contribution in [-0.4, -0.2) is 0 Å². The van der Waals surface area contributed by atoms with Crippen molar-refractivity contribution in [1.29, 1.82) is 0 Å². The molecule has 232 valence electrons. The van der Waals surface area contributed by atoms with Gasteiger partial charge >= 0.3 is 266 Å². The summed E-state index contributed by atoms with van der Waals surface area (Å²) in [6, 6.07) is 32.8. The number of halogens is 2. The van der Waals surface area contributed by atoms with Gasteiger partial charge < -0.3 is 24.8 Å². The van der Waals surface area contributed by atoms with Crippen LogP contribution in [0.15, 0.2) is 96.1 Å². The topological polar surface area (TPSA) is 0 Å². The van der Waals surface area contributed by atoms with Crippen LogP contribution in [-0.2, 0) is 20.0 Å². The minimum Gasteiger partial charge on any atom is -1.00 e. The predicted octanol–water partition coefficient (Wildman–Crippen LogP) is 6.32. The van der Waals surface area contributed by atoms with Crippen LogP contribution in [0.2, 0.25) is 8.35 Å². The minimum atomic E-state index is -3.05. The molecule has 3 heteroatoms. The molecule has 2 atom stereocenters. The molecule has 0 radical (unpaired) electrons. The molecule has 4 aromatic rings. The molecule has 7 rings (SSSR count). The Morgan fingerprint density at radius 1 is 0.511 bits per heavy atom. The zero-order valence-electron chi connectivity index (χ0n) is 28.1. The van der Waals surface area contributed by atoms with E-state index in [-0.39, 0.29) is 35.6 Å². The van der Waals surface area contributed by atoms with Crippen molar-refractivity contribution >= 4 is 12.2 Å². The number of fused-ring (bicyclic) bond motifs is 2. The van der Waals surface area contributed by atoms with Gasteiger partial charge in [0, 0.05) is 0 Å². The largest absolute Gasteiger partial charge is 1.00 e. The van der Waals surface area contributed by atoms with Gasteiger partial charge in [-0.1, -0.05) is 0 Å². The maximum atomic E-state index is 2.65. The average molecular weight is 800 g/mol. The quantitative estimate of drug-likeness (QED) is 0.213. The van der Waals surface area contributed by atoms with Crippen LogP contribution in [0.3, 0.4) is 0 Å². The summed E-state index contributed by atoms with van der Waals surface area (Å²) in [6.07, 6.45) is 5.29. The summed E-state index contributed by atoms with van der Waals surface area (Å²) in [4.78, 5) is 0. The fourth-order valence-electron chi connectivity index (χ4n) is 8.20. The molecule has 0 bridgehead atoms. The molecular weight excluding hydrogens is 754 g/mol. The van der Waals surface area contributed by atoms with Crippen LogP contribution in [0, 0.1) is 24.7 Å². The van der Waals surface area contributed by atoms with Crippen LogP contribution in [0.1, 0.15) is 82.3 Å². The molecule has 0 aromatic heterocycles. The predicted molar refractivity (Wildman–Crippen MR) is 183 cm³/mol. The fraction of sp³-hybridized carbons (Fsp3) is 0.333. The normalized spacial score (nSPS) is 18.8. The van der Waals surface area contributed by atoms with Crippen LogP contribution in [0.5, 0.6) is 0 Å². The second kappa shape index (κ2) is 12.1. The van der Waals surface area contributed by atoms with Gasteiger partial charge in [0.15, 0.2) is 0 Å². The maximum absolute atomic E-state index is 3.05.